The smallest absolute Gasteiger partial charge is 0.0406 e. The average Bonchev–Trinajstić information content (AvgIpc) is 3.12. The van der Waals surface area contributed by atoms with E-state index in [1.54, 1.807) is 0 Å². The number of hydrogen-bond acceptors (Lipinski definition) is 0. The molecule has 0 atom stereocenters. The van der Waals surface area contributed by atoms with E-state index in [0.29, 0.717) is 0 Å². The average molecular weight is 457 g/mol. The van der Waals surface area contributed by atoms with Crippen LogP contribution in [0.2, 0.25) is 5.02 Å². The maximum atomic E-state index is 6.10. The van der Waals surface area contributed by atoms with Crippen LogP contribution in [0.4, 0.5) is 0 Å². The molecule has 0 saturated heterocycles. The van der Waals surface area contributed by atoms with E-state index >= 15 is 0 Å². The molecule has 0 N–H and O–H groups in total. The molecule has 34 heavy (non-hydrogen) atoms. The van der Waals surface area contributed by atoms with Crippen molar-refractivity contribution in [3.63, 3.8) is 0 Å². The summed E-state index contributed by atoms with van der Waals surface area (Å²) >= 11 is 6.10. The molecule has 0 unspecified atom stereocenters. The Bertz CT molecular complexity index is 1490. The maximum absolute atomic E-state index is 6.10. The lowest BCUT2D eigenvalue weighted by Crippen LogP contribution is -2.14. The fraction of sp³-hybridized carbons (Fsp3) is 0.0909. The van der Waals surface area contributed by atoms with Crippen LogP contribution in [0.3, 0.4) is 0 Å². The Morgan fingerprint density at radius 3 is 1.74 bits per heavy atom. The van der Waals surface area contributed by atoms with Gasteiger partial charge in [-0.1, -0.05) is 129 Å². The molecule has 0 aromatic heterocycles. The van der Waals surface area contributed by atoms with Crippen LogP contribution in [0.5, 0.6) is 0 Å². The molecular formula is C33H25Cl. The van der Waals surface area contributed by atoms with Crippen molar-refractivity contribution in [2.75, 3.05) is 0 Å². The standard InChI is InChI=1S/C33H25Cl/c1-33(2)29-11-7-6-10-28(29)32-30(33)21-20-27(24-8-4-3-5-9-24)31(32)25-14-12-22(13-15-25)23-16-18-26(34)19-17-23/h3-21H,1-2H3. The molecule has 1 heteroatoms. The van der Waals surface area contributed by atoms with Crippen LogP contribution in [0, 0.1) is 0 Å². The highest BCUT2D eigenvalue weighted by molar-refractivity contribution is 6.30. The van der Waals surface area contributed by atoms with Crippen molar-refractivity contribution in [1.82, 2.24) is 0 Å². The van der Waals surface area contributed by atoms with Crippen LogP contribution in [-0.4, -0.2) is 0 Å². The van der Waals surface area contributed by atoms with E-state index in [9.17, 15) is 0 Å². The van der Waals surface area contributed by atoms with Gasteiger partial charge in [0.1, 0.15) is 0 Å². The van der Waals surface area contributed by atoms with E-state index in [1.807, 2.05) is 12.1 Å². The van der Waals surface area contributed by atoms with Gasteiger partial charge in [0.2, 0.25) is 0 Å². The van der Waals surface area contributed by atoms with Crippen molar-refractivity contribution >= 4 is 11.6 Å². The van der Waals surface area contributed by atoms with Crippen LogP contribution in [0.1, 0.15) is 25.0 Å². The Balaban J connectivity index is 1.60. The summed E-state index contributed by atoms with van der Waals surface area (Å²) in [6, 6.07) is 41.3. The molecule has 5 aromatic carbocycles. The quantitative estimate of drug-likeness (QED) is 0.253. The molecule has 0 nitrogen and oxygen atoms in total. The summed E-state index contributed by atoms with van der Waals surface area (Å²) in [7, 11) is 0. The van der Waals surface area contributed by atoms with Gasteiger partial charge < -0.3 is 0 Å². The molecule has 0 heterocycles. The predicted octanol–water partition coefficient (Wildman–Crippen LogP) is 9.65. The number of benzene rings is 5. The highest BCUT2D eigenvalue weighted by Gasteiger charge is 2.37. The SMILES string of the molecule is CC1(C)c2ccccc2-c2c1ccc(-c1ccccc1)c2-c1ccc(-c2ccc(Cl)cc2)cc1. The van der Waals surface area contributed by atoms with E-state index in [2.05, 4.69) is 117 Å². The second-order valence-electron chi connectivity index (χ2n) is 9.53. The van der Waals surface area contributed by atoms with Gasteiger partial charge in [-0.05, 0) is 67.8 Å². The zero-order valence-electron chi connectivity index (χ0n) is 19.3. The van der Waals surface area contributed by atoms with E-state index in [4.69, 9.17) is 11.6 Å². The Labute approximate surface area is 206 Å². The van der Waals surface area contributed by atoms with Crippen molar-refractivity contribution in [2.24, 2.45) is 0 Å². The Kier molecular flexibility index (Phi) is 4.94. The van der Waals surface area contributed by atoms with E-state index in [-0.39, 0.29) is 5.41 Å². The van der Waals surface area contributed by atoms with Gasteiger partial charge in [-0.15, -0.1) is 0 Å². The third kappa shape index (κ3) is 3.30. The minimum absolute atomic E-state index is 0.0286. The molecule has 0 radical (unpaired) electrons. The van der Waals surface area contributed by atoms with Crippen LogP contribution >= 0.6 is 11.6 Å². The molecule has 0 amide bonds. The highest BCUT2D eigenvalue weighted by atomic mass is 35.5. The van der Waals surface area contributed by atoms with Gasteiger partial charge >= 0.3 is 0 Å². The highest BCUT2D eigenvalue weighted by Crippen LogP contribution is 2.54. The van der Waals surface area contributed by atoms with Crippen molar-refractivity contribution in [1.29, 1.82) is 0 Å². The number of fused-ring (bicyclic) bond motifs is 3. The van der Waals surface area contributed by atoms with Crippen LogP contribution < -0.4 is 0 Å². The maximum Gasteiger partial charge on any atom is 0.0406 e. The van der Waals surface area contributed by atoms with Gasteiger partial charge in [0.05, 0.1) is 0 Å². The third-order valence-corrected chi connectivity index (χ3v) is 7.44. The first-order valence-corrected chi connectivity index (χ1v) is 12.1. The normalized spacial score (nSPS) is 13.4. The first-order chi connectivity index (χ1) is 16.5. The monoisotopic (exact) mass is 456 g/mol. The molecule has 6 rings (SSSR count). The lowest BCUT2D eigenvalue weighted by molar-refractivity contribution is 0.660. The molecule has 0 spiro atoms. The molecule has 164 valence electrons. The lowest BCUT2D eigenvalue weighted by Gasteiger charge is -2.23. The number of halogens is 1. The van der Waals surface area contributed by atoms with E-state index in [1.165, 1.54) is 55.6 Å². The number of rotatable bonds is 3. The first-order valence-electron chi connectivity index (χ1n) is 11.7. The van der Waals surface area contributed by atoms with Gasteiger partial charge in [-0.25, -0.2) is 0 Å². The largest absolute Gasteiger partial charge is 0.0843 e. The summed E-state index contributed by atoms with van der Waals surface area (Å²) < 4.78 is 0. The van der Waals surface area contributed by atoms with E-state index in [0.717, 1.165) is 5.02 Å². The van der Waals surface area contributed by atoms with Gasteiger partial charge in [-0.2, -0.15) is 0 Å². The fourth-order valence-electron chi connectivity index (χ4n) is 5.42. The van der Waals surface area contributed by atoms with Crippen molar-refractivity contribution in [2.45, 2.75) is 19.3 Å². The first kappa shape index (κ1) is 21.0. The summed E-state index contributed by atoms with van der Waals surface area (Å²) in [5, 5.41) is 0.758. The lowest BCUT2D eigenvalue weighted by atomic mass is 9.80. The summed E-state index contributed by atoms with van der Waals surface area (Å²) in [5.74, 6) is 0. The molecule has 5 aromatic rings. The van der Waals surface area contributed by atoms with Crippen molar-refractivity contribution < 1.29 is 0 Å². The molecule has 0 bridgehead atoms. The van der Waals surface area contributed by atoms with Crippen LogP contribution in [-0.2, 0) is 5.41 Å². The minimum atomic E-state index is -0.0286. The van der Waals surface area contributed by atoms with Crippen LogP contribution in [0.25, 0.3) is 44.5 Å². The van der Waals surface area contributed by atoms with Crippen molar-refractivity contribution in [3.8, 4) is 44.5 Å². The van der Waals surface area contributed by atoms with Gasteiger partial charge in [0.15, 0.2) is 0 Å². The summed E-state index contributed by atoms with van der Waals surface area (Å²) in [6.45, 7) is 4.68. The zero-order valence-corrected chi connectivity index (χ0v) is 20.1. The fourth-order valence-corrected chi connectivity index (χ4v) is 5.55. The molecule has 0 fully saturated rings. The predicted molar refractivity (Wildman–Crippen MR) is 145 cm³/mol. The van der Waals surface area contributed by atoms with E-state index < -0.39 is 0 Å². The summed E-state index contributed by atoms with van der Waals surface area (Å²) in [6.07, 6.45) is 0. The topological polar surface area (TPSA) is 0 Å². The minimum Gasteiger partial charge on any atom is -0.0843 e. The van der Waals surface area contributed by atoms with Gasteiger partial charge in [0.25, 0.3) is 0 Å². The second kappa shape index (κ2) is 8.01. The zero-order chi connectivity index (χ0) is 23.3. The van der Waals surface area contributed by atoms with Crippen LogP contribution in [0.15, 0.2) is 115 Å². The molecule has 1 aliphatic rings. The van der Waals surface area contributed by atoms with Gasteiger partial charge in [0, 0.05) is 10.4 Å². The summed E-state index contributed by atoms with van der Waals surface area (Å²) in [4.78, 5) is 0. The summed E-state index contributed by atoms with van der Waals surface area (Å²) in [5.41, 5.74) is 12.9. The third-order valence-electron chi connectivity index (χ3n) is 7.18. The van der Waals surface area contributed by atoms with Gasteiger partial charge in [-0.3, -0.25) is 0 Å². The molecular weight excluding hydrogens is 432 g/mol. The number of hydrogen-bond donors (Lipinski definition) is 0. The van der Waals surface area contributed by atoms with Crippen molar-refractivity contribution in [3.05, 3.63) is 131 Å². The molecule has 0 aliphatic heterocycles. The Morgan fingerprint density at radius 2 is 1.03 bits per heavy atom. The Morgan fingerprint density at radius 1 is 0.441 bits per heavy atom. The Hall–Kier alpha value is -3.61. The molecule has 1 aliphatic carbocycles. The molecule has 0 saturated carbocycles. The second-order valence-corrected chi connectivity index (χ2v) is 9.97.